The fourth-order valence-corrected chi connectivity index (χ4v) is 4.35. The lowest BCUT2D eigenvalue weighted by Crippen LogP contribution is -2.52. The van der Waals surface area contributed by atoms with Crippen LogP contribution < -0.4 is 15.5 Å². The van der Waals surface area contributed by atoms with Crippen LogP contribution in [-0.4, -0.2) is 36.1 Å². The minimum Gasteiger partial charge on any atom is -0.491 e. The number of fused-ring (bicyclic) bond motifs is 2. The van der Waals surface area contributed by atoms with E-state index in [1.165, 1.54) is 17.9 Å². The summed E-state index contributed by atoms with van der Waals surface area (Å²) < 4.78 is 53.2. The number of carbonyl (C=O) groups is 2. The van der Waals surface area contributed by atoms with Gasteiger partial charge < -0.3 is 19.4 Å². The topological polar surface area (TPSA) is 86.6 Å². The summed E-state index contributed by atoms with van der Waals surface area (Å²) in [6, 6.07) is 0.988. The molecule has 0 radical (unpaired) electrons. The average Bonchev–Trinajstić information content (AvgIpc) is 2.74. The molecule has 1 N–H and O–H groups in total. The van der Waals surface area contributed by atoms with Crippen molar-refractivity contribution < 1.29 is 32.2 Å². The van der Waals surface area contributed by atoms with Crippen LogP contribution in [0, 0.1) is 22.9 Å². The molecule has 1 aromatic carbocycles. The highest BCUT2D eigenvalue weighted by Gasteiger charge is 2.50. The standard InChI is InChI=1S/C22H21F3N2O5/c1-22-4-3-5-32-16(22)10-27-9-13(18(28)19(31-2)17(27)20(22)29)21(30)26-8-12-14(24)6-11(23)7-15(12)25/h6-7,9,16H,3-5,8,10H2,1-2H3,(H,26,30)/t16-,22-/m1/s1. The van der Waals surface area contributed by atoms with E-state index < -0.39 is 52.4 Å². The van der Waals surface area contributed by atoms with Gasteiger partial charge in [-0.05, 0) is 19.8 Å². The molecule has 0 spiro atoms. The molecule has 4 rings (SSSR count). The van der Waals surface area contributed by atoms with Gasteiger partial charge in [-0.1, -0.05) is 0 Å². The van der Waals surface area contributed by atoms with Gasteiger partial charge in [0.05, 0.1) is 25.2 Å². The summed E-state index contributed by atoms with van der Waals surface area (Å²) >= 11 is 0. The molecule has 0 saturated carbocycles. The minimum atomic E-state index is -1.16. The third-order valence-corrected chi connectivity index (χ3v) is 6.18. The minimum absolute atomic E-state index is 0.0638. The first-order valence-electron chi connectivity index (χ1n) is 10.1. The Hall–Kier alpha value is -3.14. The van der Waals surface area contributed by atoms with E-state index in [2.05, 4.69) is 5.32 Å². The molecule has 1 saturated heterocycles. The molecule has 2 aliphatic rings. The van der Waals surface area contributed by atoms with Crippen LogP contribution in [0.2, 0.25) is 0 Å². The van der Waals surface area contributed by atoms with E-state index >= 15 is 0 Å². The number of amides is 1. The third kappa shape index (κ3) is 3.48. The zero-order chi connectivity index (χ0) is 23.2. The molecule has 1 amide bonds. The quantitative estimate of drug-likeness (QED) is 0.774. The molecule has 32 heavy (non-hydrogen) atoms. The van der Waals surface area contributed by atoms with Crippen LogP contribution in [0.15, 0.2) is 23.1 Å². The first-order valence-corrected chi connectivity index (χ1v) is 10.1. The van der Waals surface area contributed by atoms with Gasteiger partial charge in [0, 0.05) is 37.0 Å². The maximum Gasteiger partial charge on any atom is 0.257 e. The summed E-state index contributed by atoms with van der Waals surface area (Å²) in [5, 5.41) is 2.26. The molecule has 7 nitrogen and oxygen atoms in total. The number of nitrogens with zero attached hydrogens (tertiary/aromatic N) is 1. The van der Waals surface area contributed by atoms with E-state index in [9.17, 15) is 27.6 Å². The lowest BCUT2D eigenvalue weighted by atomic mass is 9.71. The number of Topliss-reactive ketones (excluding diaryl/α,β-unsaturated/α-hetero) is 1. The van der Waals surface area contributed by atoms with E-state index in [1.807, 2.05) is 0 Å². The largest absolute Gasteiger partial charge is 0.491 e. The molecule has 2 aliphatic heterocycles. The average molecular weight is 450 g/mol. The number of hydrogen-bond donors (Lipinski definition) is 1. The van der Waals surface area contributed by atoms with Crippen molar-refractivity contribution in [3.05, 3.63) is 62.8 Å². The summed E-state index contributed by atoms with van der Waals surface area (Å²) in [6.07, 6.45) is 2.11. The maximum atomic E-state index is 13.9. The number of ketones is 1. The van der Waals surface area contributed by atoms with Gasteiger partial charge >= 0.3 is 0 Å². The second-order valence-corrected chi connectivity index (χ2v) is 8.15. The van der Waals surface area contributed by atoms with Crippen molar-refractivity contribution in [1.29, 1.82) is 0 Å². The zero-order valence-corrected chi connectivity index (χ0v) is 17.5. The first kappa shape index (κ1) is 22.1. The number of pyridine rings is 1. The zero-order valence-electron chi connectivity index (χ0n) is 17.5. The summed E-state index contributed by atoms with van der Waals surface area (Å²) in [5.41, 5.74) is -2.47. The highest BCUT2D eigenvalue weighted by Crippen LogP contribution is 2.42. The van der Waals surface area contributed by atoms with Crippen molar-refractivity contribution in [1.82, 2.24) is 9.88 Å². The van der Waals surface area contributed by atoms with E-state index in [0.717, 1.165) is 0 Å². The van der Waals surface area contributed by atoms with Crippen molar-refractivity contribution >= 4 is 11.7 Å². The van der Waals surface area contributed by atoms with Crippen molar-refractivity contribution in [2.45, 2.75) is 39.0 Å². The smallest absolute Gasteiger partial charge is 0.257 e. The summed E-state index contributed by atoms with van der Waals surface area (Å²) in [4.78, 5) is 38.9. The number of methoxy groups -OCH3 is 1. The number of nitrogens with one attached hydrogen (secondary N) is 1. The fraction of sp³-hybridized carbons (Fsp3) is 0.409. The van der Waals surface area contributed by atoms with Gasteiger partial charge in [-0.3, -0.25) is 14.4 Å². The Balaban J connectivity index is 1.69. The number of halogens is 3. The molecule has 2 atom stereocenters. The number of rotatable bonds is 4. The molecule has 0 aliphatic carbocycles. The Morgan fingerprint density at radius 3 is 2.62 bits per heavy atom. The van der Waals surface area contributed by atoms with E-state index in [0.29, 0.717) is 31.6 Å². The summed E-state index contributed by atoms with van der Waals surface area (Å²) in [5.74, 6) is -4.91. The van der Waals surface area contributed by atoms with Crippen LogP contribution in [-0.2, 0) is 17.8 Å². The number of hydrogen-bond acceptors (Lipinski definition) is 5. The maximum absolute atomic E-state index is 13.9. The molecular weight excluding hydrogens is 429 g/mol. The predicted molar refractivity (Wildman–Crippen MR) is 106 cm³/mol. The van der Waals surface area contributed by atoms with E-state index in [-0.39, 0.29) is 29.3 Å². The van der Waals surface area contributed by atoms with E-state index in [1.54, 1.807) is 6.92 Å². The lowest BCUT2D eigenvalue weighted by molar-refractivity contribution is -0.0740. The highest BCUT2D eigenvalue weighted by atomic mass is 19.1. The molecule has 2 aromatic rings. The van der Waals surface area contributed by atoms with Crippen molar-refractivity contribution in [3.8, 4) is 5.75 Å². The Morgan fingerprint density at radius 1 is 1.28 bits per heavy atom. The Morgan fingerprint density at radius 2 is 1.97 bits per heavy atom. The SMILES string of the molecule is COc1c2n(cc(C(=O)NCc3c(F)cc(F)cc3F)c1=O)C[C@H]1OCCC[C@@]1(C)C2=O. The van der Waals surface area contributed by atoms with Gasteiger partial charge in [0.25, 0.3) is 5.91 Å². The van der Waals surface area contributed by atoms with Crippen molar-refractivity contribution in [2.75, 3.05) is 13.7 Å². The lowest BCUT2D eigenvalue weighted by Gasteiger charge is -2.44. The van der Waals surface area contributed by atoms with Crippen molar-refractivity contribution in [3.63, 3.8) is 0 Å². The number of aromatic nitrogens is 1. The molecule has 1 fully saturated rings. The molecule has 10 heteroatoms. The Labute approximate surface area is 181 Å². The second-order valence-electron chi connectivity index (χ2n) is 8.15. The molecule has 1 aromatic heterocycles. The van der Waals surface area contributed by atoms with Crippen LogP contribution >= 0.6 is 0 Å². The summed E-state index contributed by atoms with van der Waals surface area (Å²) in [7, 11) is 1.22. The van der Waals surface area contributed by atoms with Gasteiger partial charge in [-0.15, -0.1) is 0 Å². The molecule has 3 heterocycles. The fourth-order valence-electron chi connectivity index (χ4n) is 4.35. The number of ether oxygens (including phenoxy) is 2. The summed E-state index contributed by atoms with van der Waals surface area (Å²) in [6.45, 7) is 1.92. The van der Waals surface area contributed by atoms with Gasteiger partial charge in [-0.2, -0.15) is 0 Å². The van der Waals surface area contributed by atoms with Crippen LogP contribution in [0.4, 0.5) is 13.2 Å². The van der Waals surface area contributed by atoms with Crippen LogP contribution in [0.5, 0.6) is 5.75 Å². The normalized spacial score (nSPS) is 22.2. The van der Waals surface area contributed by atoms with Gasteiger partial charge in [0.1, 0.15) is 28.7 Å². The first-order chi connectivity index (χ1) is 15.2. The molecule has 0 bridgehead atoms. The Bertz CT molecular complexity index is 1160. The molecule has 170 valence electrons. The number of carbonyl (C=O) groups excluding carboxylic acids is 2. The third-order valence-electron chi connectivity index (χ3n) is 6.18. The van der Waals surface area contributed by atoms with E-state index in [4.69, 9.17) is 9.47 Å². The monoisotopic (exact) mass is 450 g/mol. The van der Waals surface area contributed by atoms with Crippen LogP contribution in [0.25, 0.3) is 0 Å². The van der Waals surface area contributed by atoms with Gasteiger partial charge in [0.15, 0.2) is 11.5 Å². The molecular formula is C22H21F3N2O5. The van der Waals surface area contributed by atoms with Crippen LogP contribution in [0.3, 0.4) is 0 Å². The van der Waals surface area contributed by atoms with Gasteiger partial charge in [0.2, 0.25) is 5.43 Å². The molecule has 0 unspecified atom stereocenters. The second kappa shape index (κ2) is 8.09. The van der Waals surface area contributed by atoms with Crippen molar-refractivity contribution in [2.24, 2.45) is 5.41 Å². The number of benzene rings is 1. The van der Waals surface area contributed by atoms with Crippen LogP contribution in [0.1, 0.15) is 46.2 Å². The van der Waals surface area contributed by atoms with Gasteiger partial charge in [-0.25, -0.2) is 13.2 Å². The highest BCUT2D eigenvalue weighted by molar-refractivity contribution is 6.03. The predicted octanol–water partition coefficient (Wildman–Crippen LogP) is 2.59. The Kier molecular flexibility index (Phi) is 5.58.